The maximum atomic E-state index is 4.56. The third-order valence-corrected chi connectivity index (χ3v) is 1.10. The summed E-state index contributed by atoms with van der Waals surface area (Å²) < 4.78 is 1.51. The summed E-state index contributed by atoms with van der Waals surface area (Å²) in [5.74, 6) is 0. The molecule has 0 spiro atoms. The molecule has 0 N–H and O–H groups in total. The molecule has 0 bridgehead atoms. The summed E-state index contributed by atoms with van der Waals surface area (Å²) in [4.78, 5) is 1.71. The first-order valence-electron chi connectivity index (χ1n) is 3.32. The first-order valence-corrected chi connectivity index (χ1v) is 4.13. The van der Waals surface area contributed by atoms with Gasteiger partial charge in [0.05, 0.1) is 28.2 Å². The van der Waals surface area contributed by atoms with Gasteiger partial charge in [0.25, 0.3) is 0 Å². The van der Waals surface area contributed by atoms with Crippen LogP contribution in [0.2, 0.25) is 0 Å². The highest BCUT2D eigenvalue weighted by molar-refractivity contribution is 8.00. The lowest BCUT2D eigenvalue weighted by Crippen LogP contribution is -2.27. The number of thiocarbonyl (C=S) groups is 1. The Kier molecular flexibility index (Phi) is 7.05. The van der Waals surface area contributed by atoms with Gasteiger partial charge in [-0.3, -0.25) is 0 Å². The summed E-state index contributed by atoms with van der Waals surface area (Å²) in [5, 5.41) is 0. The molecule has 0 heterocycles. The van der Waals surface area contributed by atoms with Crippen molar-refractivity contribution < 1.29 is 4.48 Å². The van der Waals surface area contributed by atoms with Crippen molar-refractivity contribution in [3.63, 3.8) is 0 Å². The molecule has 0 aliphatic heterocycles. The Labute approximate surface area is 81.2 Å². The smallest absolute Gasteiger partial charge is 0.0675 e. The summed E-state index contributed by atoms with van der Waals surface area (Å²) in [7, 11) is 12.2. The average Bonchev–Trinajstić information content (AvgIpc) is 1.59. The molecule has 0 aromatic heterocycles. The summed E-state index contributed by atoms with van der Waals surface area (Å²) in [6.45, 7) is 0. The van der Waals surface area contributed by atoms with Gasteiger partial charge in [0.15, 0.2) is 0 Å². The molecule has 68 valence electrons. The summed E-state index contributed by atoms with van der Waals surface area (Å²) >= 11 is 9.12. The predicted molar refractivity (Wildman–Crippen MR) is 57.6 cm³/mol. The maximum Gasteiger partial charge on any atom is 0.0675 e. The molecule has 11 heavy (non-hydrogen) atoms. The summed E-state index contributed by atoms with van der Waals surface area (Å²) in [6, 6.07) is 0. The van der Waals surface area contributed by atoms with E-state index in [-0.39, 0.29) is 0 Å². The largest absolute Gasteiger partial charge is 0.411 e. The second-order valence-corrected chi connectivity index (χ2v) is 4.88. The Morgan fingerprint density at radius 1 is 1.18 bits per heavy atom. The lowest BCUT2D eigenvalue weighted by molar-refractivity contribution is -0.849. The molecule has 0 atom stereocenters. The van der Waals surface area contributed by atoms with Crippen molar-refractivity contribution in [2.24, 2.45) is 0 Å². The highest BCUT2D eigenvalue weighted by atomic mass is 32.1. The molecule has 0 saturated heterocycles. The molecule has 2 nitrogen and oxygen atoms in total. The zero-order valence-corrected chi connectivity index (χ0v) is 9.84. The van der Waals surface area contributed by atoms with E-state index in [1.807, 2.05) is 14.1 Å². The minimum absolute atomic E-state index is 0.509. The second-order valence-electron chi connectivity index (χ2n) is 3.84. The number of hydrogen-bond acceptors (Lipinski definition) is 2. The fourth-order valence-corrected chi connectivity index (χ4v) is 0. The molecule has 0 aliphatic rings. The van der Waals surface area contributed by atoms with Crippen LogP contribution in [0.15, 0.2) is 0 Å². The van der Waals surface area contributed by atoms with E-state index in [2.05, 4.69) is 53.0 Å². The summed E-state index contributed by atoms with van der Waals surface area (Å²) in [5.41, 5.74) is 0. The summed E-state index contributed by atoms with van der Waals surface area (Å²) in [6.07, 6.45) is 0. The van der Waals surface area contributed by atoms with Gasteiger partial charge in [-0.1, -0.05) is 4.32 Å². The Bertz CT molecular complexity index is 110. The fourth-order valence-electron chi connectivity index (χ4n) is 0. The van der Waals surface area contributed by atoms with Crippen molar-refractivity contribution in [2.75, 3.05) is 42.3 Å². The second kappa shape index (κ2) is 5.69. The highest BCUT2D eigenvalue weighted by Crippen LogP contribution is 1.74. The van der Waals surface area contributed by atoms with Crippen molar-refractivity contribution >= 4 is 29.2 Å². The molecule has 0 amide bonds. The Morgan fingerprint density at radius 2 is 1.27 bits per heavy atom. The van der Waals surface area contributed by atoms with Crippen LogP contribution in [-0.2, 0) is 12.6 Å². The van der Waals surface area contributed by atoms with Gasteiger partial charge in [-0.25, -0.2) is 0 Å². The molecule has 0 saturated carbocycles. The molecule has 0 fully saturated rings. The lowest BCUT2D eigenvalue weighted by Gasteiger charge is -2.15. The Morgan fingerprint density at radius 3 is 1.27 bits per heavy atom. The normalized spacial score (nSPS) is 9.64. The number of rotatable bonds is 0. The third kappa shape index (κ3) is 39.6. The lowest BCUT2D eigenvalue weighted by atomic mass is 10.8. The third-order valence-electron chi connectivity index (χ3n) is 0.365. The first-order chi connectivity index (χ1) is 4.64. The molecular weight excluding hydrogens is 176 g/mol. The number of nitrogens with zero attached hydrogens (tertiary/aromatic N) is 2. The topological polar surface area (TPSA) is 3.24 Å². The van der Waals surface area contributed by atoms with Crippen LogP contribution in [0.1, 0.15) is 0 Å². The van der Waals surface area contributed by atoms with Crippen molar-refractivity contribution in [1.29, 1.82) is 0 Å². The molecule has 0 aromatic rings. The van der Waals surface area contributed by atoms with Gasteiger partial charge in [-0.05, 0) is 0 Å². The number of hydrogen-bond donors (Lipinski definition) is 0. The number of quaternary nitrogens is 1. The van der Waals surface area contributed by atoms with Gasteiger partial charge < -0.3 is 34.2 Å². The van der Waals surface area contributed by atoms with Crippen LogP contribution in [-0.4, -0.2) is 56.0 Å². The van der Waals surface area contributed by atoms with Gasteiger partial charge in [0.1, 0.15) is 0 Å². The quantitative estimate of drug-likeness (QED) is 0.317. The van der Waals surface area contributed by atoms with E-state index in [4.69, 9.17) is 0 Å². The molecule has 0 aliphatic carbocycles. The van der Waals surface area contributed by atoms with Crippen LogP contribution in [0, 0.1) is 0 Å². The fraction of sp³-hybridized carbons (Fsp3) is 0.857. The van der Waals surface area contributed by atoms with Crippen molar-refractivity contribution in [2.45, 2.75) is 0 Å². The van der Waals surface area contributed by atoms with Crippen LogP contribution in [0.4, 0.5) is 0 Å². The zero-order valence-electron chi connectivity index (χ0n) is 8.21. The molecule has 0 aromatic carbocycles. The Balaban J connectivity index is 0. The van der Waals surface area contributed by atoms with Crippen molar-refractivity contribution in [3.05, 3.63) is 0 Å². The maximum absolute atomic E-state index is 4.56. The standard InChI is InChI=1S/C4H12N.C3H7NS2/c1-5(2,3)4;1-4(2)3(5)6/h1-4H3;1-2H3,(H,5,6)/q+1;/p-1. The van der Waals surface area contributed by atoms with Gasteiger partial charge >= 0.3 is 0 Å². The first kappa shape index (κ1) is 13.6. The van der Waals surface area contributed by atoms with E-state index in [9.17, 15) is 0 Å². The molecule has 0 rings (SSSR count). The zero-order chi connectivity index (χ0) is 9.65. The van der Waals surface area contributed by atoms with Gasteiger partial charge in [-0.2, -0.15) is 0 Å². The van der Waals surface area contributed by atoms with E-state index < -0.39 is 0 Å². The molecule has 0 radical (unpaired) electrons. The van der Waals surface area contributed by atoms with Gasteiger partial charge in [0.2, 0.25) is 0 Å². The Hall–Kier alpha value is 0.0700. The monoisotopic (exact) mass is 194 g/mol. The van der Waals surface area contributed by atoms with E-state index in [1.54, 1.807) is 4.90 Å². The molecule has 0 unspecified atom stereocenters. The van der Waals surface area contributed by atoms with Crippen LogP contribution < -0.4 is 0 Å². The molecular formula is C7H18N2S2. The van der Waals surface area contributed by atoms with Crippen LogP contribution in [0.3, 0.4) is 0 Å². The average molecular weight is 194 g/mol. The SMILES string of the molecule is CN(C)C(=S)[S-].C[N+](C)(C)C. The van der Waals surface area contributed by atoms with E-state index in [0.717, 1.165) is 4.48 Å². The molecule has 4 heteroatoms. The highest BCUT2D eigenvalue weighted by Gasteiger charge is 1.88. The van der Waals surface area contributed by atoms with Crippen molar-refractivity contribution in [3.8, 4) is 0 Å². The van der Waals surface area contributed by atoms with Crippen LogP contribution in [0.5, 0.6) is 0 Å². The predicted octanol–water partition coefficient (Wildman–Crippen LogP) is 0.702. The minimum Gasteiger partial charge on any atom is -0.411 e. The van der Waals surface area contributed by atoms with E-state index >= 15 is 0 Å². The van der Waals surface area contributed by atoms with E-state index in [1.165, 1.54) is 0 Å². The van der Waals surface area contributed by atoms with Crippen molar-refractivity contribution in [1.82, 2.24) is 4.90 Å². The minimum atomic E-state index is 0.509. The van der Waals surface area contributed by atoms with Gasteiger partial charge in [-0.15, -0.1) is 0 Å². The van der Waals surface area contributed by atoms with Crippen LogP contribution >= 0.6 is 12.2 Å². The van der Waals surface area contributed by atoms with Crippen LogP contribution in [0.25, 0.3) is 0 Å². The van der Waals surface area contributed by atoms with E-state index in [0.29, 0.717) is 4.32 Å². The van der Waals surface area contributed by atoms with Gasteiger partial charge in [0, 0.05) is 14.1 Å².